The van der Waals surface area contributed by atoms with Crippen molar-refractivity contribution in [1.29, 1.82) is 0 Å². The third-order valence-electron chi connectivity index (χ3n) is 3.75. The first kappa shape index (κ1) is 11.5. The van der Waals surface area contributed by atoms with Crippen molar-refractivity contribution >= 4 is 0 Å². The molecule has 0 saturated carbocycles. The molecular weight excluding hydrogens is 224 g/mol. The summed E-state index contributed by atoms with van der Waals surface area (Å²) in [5, 5.41) is 10.8. The Balaban J connectivity index is 2.04. The topological polar surface area (TPSA) is 29.1 Å². The van der Waals surface area contributed by atoms with Gasteiger partial charge in [0.2, 0.25) is 0 Å². The molecule has 2 unspecified atom stereocenters. The van der Waals surface area contributed by atoms with Crippen LogP contribution in [-0.2, 0) is 10.1 Å². The first-order valence-electron chi connectivity index (χ1n) is 6.32. The van der Waals surface area contributed by atoms with Crippen molar-refractivity contribution in [1.82, 2.24) is 0 Å². The molecular formula is C16H15O2. The molecule has 0 saturated heterocycles. The summed E-state index contributed by atoms with van der Waals surface area (Å²) in [6, 6.07) is 18.6. The molecule has 0 aromatic heterocycles. The molecule has 1 aliphatic rings. The van der Waals surface area contributed by atoms with E-state index in [-0.39, 0.29) is 6.10 Å². The highest BCUT2D eigenvalue weighted by atomic mass is 17.1. The van der Waals surface area contributed by atoms with Crippen LogP contribution in [0, 0.1) is 0 Å². The van der Waals surface area contributed by atoms with E-state index in [0.29, 0.717) is 5.92 Å². The maximum absolute atomic E-state index is 10.8. The van der Waals surface area contributed by atoms with Crippen LogP contribution in [0.4, 0.5) is 0 Å². The maximum Gasteiger partial charge on any atom is 0.122 e. The Hall–Kier alpha value is -1.64. The summed E-state index contributed by atoms with van der Waals surface area (Å²) in [6.07, 6.45) is 1.47. The number of fused-ring (bicyclic) bond motifs is 1. The first-order chi connectivity index (χ1) is 8.90. The molecule has 0 N–H and O–H groups in total. The lowest BCUT2D eigenvalue weighted by Gasteiger charge is -2.29. The van der Waals surface area contributed by atoms with Crippen LogP contribution in [0.15, 0.2) is 54.6 Å². The lowest BCUT2D eigenvalue weighted by molar-refractivity contribution is -0.340. The highest BCUT2D eigenvalue weighted by Crippen LogP contribution is 2.42. The van der Waals surface area contributed by atoms with Gasteiger partial charge in [0, 0.05) is 5.92 Å². The zero-order valence-corrected chi connectivity index (χ0v) is 10.1. The molecule has 0 aliphatic heterocycles. The van der Waals surface area contributed by atoms with E-state index in [4.69, 9.17) is 0 Å². The van der Waals surface area contributed by atoms with Crippen LogP contribution in [0.1, 0.15) is 41.6 Å². The van der Waals surface area contributed by atoms with Crippen LogP contribution in [0.25, 0.3) is 0 Å². The molecule has 0 amide bonds. The zero-order chi connectivity index (χ0) is 12.4. The van der Waals surface area contributed by atoms with E-state index in [0.717, 1.165) is 18.4 Å². The van der Waals surface area contributed by atoms with Crippen molar-refractivity contribution in [3.63, 3.8) is 0 Å². The van der Waals surface area contributed by atoms with Crippen molar-refractivity contribution in [2.75, 3.05) is 0 Å². The summed E-state index contributed by atoms with van der Waals surface area (Å²) in [6.45, 7) is 0. The van der Waals surface area contributed by atoms with Crippen molar-refractivity contribution in [2.24, 2.45) is 0 Å². The summed E-state index contributed by atoms with van der Waals surface area (Å²) in [4.78, 5) is 4.35. The lowest BCUT2D eigenvalue weighted by atomic mass is 9.78. The van der Waals surface area contributed by atoms with E-state index < -0.39 is 0 Å². The highest BCUT2D eigenvalue weighted by Gasteiger charge is 2.28. The lowest BCUT2D eigenvalue weighted by Crippen LogP contribution is -2.16. The van der Waals surface area contributed by atoms with Crippen LogP contribution in [0.5, 0.6) is 0 Å². The Kier molecular flexibility index (Phi) is 3.13. The van der Waals surface area contributed by atoms with Crippen LogP contribution < -0.4 is 0 Å². The third kappa shape index (κ3) is 1.94. The average molecular weight is 239 g/mol. The van der Waals surface area contributed by atoms with Crippen molar-refractivity contribution in [3.05, 3.63) is 71.3 Å². The SMILES string of the molecule is [O]OC1CCC(c2ccccc2)c2ccccc21. The second-order valence-electron chi connectivity index (χ2n) is 4.75. The quantitative estimate of drug-likeness (QED) is 0.575. The van der Waals surface area contributed by atoms with Crippen LogP contribution in [-0.4, -0.2) is 0 Å². The Morgan fingerprint density at radius 3 is 2.22 bits per heavy atom. The van der Waals surface area contributed by atoms with Crippen LogP contribution in [0.2, 0.25) is 0 Å². The molecule has 0 spiro atoms. The molecule has 2 aromatic carbocycles. The molecule has 18 heavy (non-hydrogen) atoms. The molecule has 1 radical (unpaired) electrons. The molecule has 2 atom stereocenters. The van der Waals surface area contributed by atoms with Gasteiger partial charge in [-0.05, 0) is 34.8 Å². The molecule has 0 fully saturated rings. The van der Waals surface area contributed by atoms with Gasteiger partial charge in [0.25, 0.3) is 0 Å². The maximum atomic E-state index is 10.8. The largest absolute Gasteiger partial charge is 0.196 e. The summed E-state index contributed by atoms with van der Waals surface area (Å²) >= 11 is 0. The van der Waals surface area contributed by atoms with Gasteiger partial charge in [0.05, 0.1) is 0 Å². The second-order valence-corrected chi connectivity index (χ2v) is 4.75. The third-order valence-corrected chi connectivity index (χ3v) is 3.75. The van der Waals surface area contributed by atoms with E-state index in [9.17, 15) is 5.26 Å². The average Bonchev–Trinajstić information content (AvgIpc) is 2.47. The van der Waals surface area contributed by atoms with Gasteiger partial charge in [0.1, 0.15) is 6.10 Å². The fourth-order valence-corrected chi connectivity index (χ4v) is 2.88. The fourth-order valence-electron chi connectivity index (χ4n) is 2.88. The highest BCUT2D eigenvalue weighted by molar-refractivity contribution is 5.41. The van der Waals surface area contributed by atoms with Crippen molar-refractivity contribution in [3.8, 4) is 0 Å². The number of hydrogen-bond acceptors (Lipinski definition) is 1. The van der Waals surface area contributed by atoms with Crippen molar-refractivity contribution < 1.29 is 10.1 Å². The van der Waals surface area contributed by atoms with Gasteiger partial charge in [-0.15, -0.1) is 0 Å². The molecule has 2 nitrogen and oxygen atoms in total. The smallest absolute Gasteiger partial charge is 0.122 e. The Labute approximate surface area is 107 Å². The van der Waals surface area contributed by atoms with Gasteiger partial charge in [-0.1, -0.05) is 54.6 Å². The Bertz CT molecular complexity index is 522. The van der Waals surface area contributed by atoms with E-state index >= 15 is 0 Å². The standard InChI is InChI=1S/C16H15O2/c17-18-16-11-10-13(12-6-2-1-3-7-12)14-8-4-5-9-15(14)16/h1-9,13,16H,10-11H2. The molecule has 1 aliphatic carbocycles. The Morgan fingerprint density at radius 1 is 0.833 bits per heavy atom. The zero-order valence-electron chi connectivity index (χ0n) is 10.1. The summed E-state index contributed by atoms with van der Waals surface area (Å²) in [5.74, 6) is 0.383. The second kappa shape index (κ2) is 4.92. The van der Waals surface area contributed by atoms with Crippen molar-refractivity contribution in [2.45, 2.75) is 24.9 Å². The van der Waals surface area contributed by atoms with Gasteiger partial charge >= 0.3 is 0 Å². The van der Waals surface area contributed by atoms with E-state index in [1.807, 2.05) is 24.3 Å². The van der Waals surface area contributed by atoms with Gasteiger partial charge in [-0.2, -0.15) is 4.89 Å². The molecule has 0 bridgehead atoms. The molecule has 91 valence electrons. The van der Waals surface area contributed by atoms with E-state index in [1.54, 1.807) is 0 Å². The summed E-state index contributed by atoms with van der Waals surface area (Å²) < 4.78 is 0. The van der Waals surface area contributed by atoms with E-state index in [2.05, 4.69) is 35.2 Å². The first-order valence-corrected chi connectivity index (χ1v) is 6.32. The minimum atomic E-state index is -0.291. The van der Waals surface area contributed by atoms with Crippen LogP contribution in [0.3, 0.4) is 0 Å². The van der Waals surface area contributed by atoms with Crippen LogP contribution >= 0.6 is 0 Å². The summed E-state index contributed by atoms with van der Waals surface area (Å²) in [7, 11) is 0. The predicted molar refractivity (Wildman–Crippen MR) is 68.5 cm³/mol. The van der Waals surface area contributed by atoms with Gasteiger partial charge in [0.15, 0.2) is 0 Å². The fraction of sp³-hybridized carbons (Fsp3) is 0.250. The molecule has 2 aromatic rings. The molecule has 3 rings (SSSR count). The van der Waals surface area contributed by atoms with Gasteiger partial charge in [-0.3, -0.25) is 0 Å². The van der Waals surface area contributed by atoms with Gasteiger partial charge in [-0.25, -0.2) is 0 Å². The number of hydrogen-bond donors (Lipinski definition) is 0. The van der Waals surface area contributed by atoms with E-state index in [1.165, 1.54) is 11.1 Å². The van der Waals surface area contributed by atoms with Gasteiger partial charge < -0.3 is 0 Å². The minimum Gasteiger partial charge on any atom is -0.196 e. The minimum absolute atomic E-state index is 0.291. The monoisotopic (exact) mass is 239 g/mol. The number of rotatable bonds is 2. The normalized spacial score (nSPS) is 22.5. The summed E-state index contributed by atoms with van der Waals surface area (Å²) in [5.41, 5.74) is 3.60. The Morgan fingerprint density at radius 2 is 1.50 bits per heavy atom. The predicted octanol–water partition coefficient (Wildman–Crippen LogP) is 4.02. The molecule has 2 heteroatoms. The number of benzene rings is 2. The molecule has 0 heterocycles.